The fourth-order valence-electron chi connectivity index (χ4n) is 5.00. The molecule has 10 nitrogen and oxygen atoms in total. The molecule has 3 N–H and O–H groups in total. The summed E-state index contributed by atoms with van der Waals surface area (Å²) >= 11 is 0. The molecule has 0 unspecified atom stereocenters. The molecular weight excluding hydrogens is 448 g/mol. The van der Waals surface area contributed by atoms with Gasteiger partial charge in [0.05, 0.1) is 5.92 Å². The lowest BCUT2D eigenvalue weighted by Gasteiger charge is -2.46. The van der Waals surface area contributed by atoms with Gasteiger partial charge in [0, 0.05) is 42.7 Å². The molecule has 0 radical (unpaired) electrons. The van der Waals surface area contributed by atoms with Gasteiger partial charge in [0.25, 0.3) is 5.91 Å². The van der Waals surface area contributed by atoms with Crippen LogP contribution < -0.4 is 16.2 Å². The lowest BCUT2D eigenvalue weighted by molar-refractivity contribution is -0.138. The first-order chi connectivity index (χ1) is 17.0. The standard InChI is InChI=1S/C25H32N6O4/c1-30-9-7-20(8-10-30)31-14-18(15-31)24(33)28-27-23(32)17-11-19(12-17)26-25(34)22-13-21(29-35-22)16-5-3-2-4-6-16/h2-6,13,17-20H,7-12,14-15H2,1H3,(H,26,34)(H,27,32)(H,28,33). The van der Waals surface area contributed by atoms with Crippen molar-refractivity contribution < 1.29 is 18.9 Å². The third kappa shape index (κ3) is 5.38. The van der Waals surface area contributed by atoms with E-state index in [0.717, 1.165) is 44.6 Å². The van der Waals surface area contributed by atoms with Crippen LogP contribution >= 0.6 is 0 Å². The van der Waals surface area contributed by atoms with Gasteiger partial charge < -0.3 is 14.7 Å². The Labute approximate surface area is 204 Å². The normalized spacial score (nSPS) is 23.7. The molecule has 1 saturated carbocycles. The lowest BCUT2D eigenvalue weighted by Crippen LogP contribution is -2.61. The van der Waals surface area contributed by atoms with E-state index in [-0.39, 0.29) is 41.4 Å². The summed E-state index contributed by atoms with van der Waals surface area (Å²) in [5, 5.41) is 6.83. The summed E-state index contributed by atoms with van der Waals surface area (Å²) in [5.41, 5.74) is 6.60. The van der Waals surface area contributed by atoms with Gasteiger partial charge in [-0.15, -0.1) is 0 Å². The first-order valence-corrected chi connectivity index (χ1v) is 12.3. The van der Waals surface area contributed by atoms with Crippen LogP contribution in [-0.4, -0.2) is 78.0 Å². The first kappa shape index (κ1) is 23.5. The highest BCUT2D eigenvalue weighted by atomic mass is 16.5. The number of hydrogen-bond acceptors (Lipinski definition) is 7. The van der Waals surface area contributed by atoms with Crippen molar-refractivity contribution in [3.05, 3.63) is 42.2 Å². The Morgan fingerprint density at radius 3 is 2.31 bits per heavy atom. The van der Waals surface area contributed by atoms with Gasteiger partial charge in [0.1, 0.15) is 5.69 Å². The van der Waals surface area contributed by atoms with E-state index in [9.17, 15) is 14.4 Å². The van der Waals surface area contributed by atoms with E-state index in [0.29, 0.717) is 24.6 Å². The molecule has 186 valence electrons. The van der Waals surface area contributed by atoms with Crippen LogP contribution in [0.4, 0.5) is 0 Å². The minimum absolute atomic E-state index is 0.0777. The number of rotatable bonds is 6. The minimum Gasteiger partial charge on any atom is -0.350 e. The van der Waals surface area contributed by atoms with Crippen LogP contribution in [-0.2, 0) is 9.59 Å². The lowest BCUT2D eigenvalue weighted by atomic mass is 9.79. The van der Waals surface area contributed by atoms with Crippen LogP contribution in [0.15, 0.2) is 40.9 Å². The number of likely N-dealkylation sites (tertiary alicyclic amines) is 2. The molecule has 1 aromatic carbocycles. The zero-order valence-corrected chi connectivity index (χ0v) is 19.9. The van der Waals surface area contributed by atoms with Gasteiger partial charge >= 0.3 is 0 Å². The zero-order chi connectivity index (χ0) is 24.4. The average Bonchev–Trinajstić information content (AvgIpc) is 3.31. The van der Waals surface area contributed by atoms with Crippen molar-refractivity contribution in [2.24, 2.45) is 11.8 Å². The molecular formula is C25H32N6O4. The van der Waals surface area contributed by atoms with Crippen LogP contribution in [0.5, 0.6) is 0 Å². The SMILES string of the molecule is CN1CCC(N2CC(C(=O)NNC(=O)C3CC(NC(=O)c4cc(-c5ccccc5)no4)C3)C2)CC1. The number of nitrogens with one attached hydrogen (secondary N) is 3. The largest absolute Gasteiger partial charge is 0.350 e. The Hall–Kier alpha value is -3.24. The van der Waals surface area contributed by atoms with Gasteiger partial charge in [-0.2, -0.15) is 0 Å². The quantitative estimate of drug-likeness (QED) is 0.528. The van der Waals surface area contributed by atoms with E-state index >= 15 is 0 Å². The van der Waals surface area contributed by atoms with E-state index in [1.807, 2.05) is 30.3 Å². The monoisotopic (exact) mass is 480 g/mol. The third-order valence-electron chi connectivity index (χ3n) is 7.44. The van der Waals surface area contributed by atoms with Crippen LogP contribution in [0.3, 0.4) is 0 Å². The van der Waals surface area contributed by atoms with E-state index in [4.69, 9.17) is 4.52 Å². The summed E-state index contributed by atoms with van der Waals surface area (Å²) in [7, 11) is 2.14. The number of nitrogens with zero attached hydrogens (tertiary/aromatic N) is 3. The highest BCUT2D eigenvalue weighted by Gasteiger charge is 2.39. The number of carbonyl (C=O) groups excluding carboxylic acids is 3. The summed E-state index contributed by atoms with van der Waals surface area (Å²) in [6.07, 6.45) is 3.32. The Kier molecular flexibility index (Phi) is 6.83. The molecule has 1 aromatic heterocycles. The van der Waals surface area contributed by atoms with E-state index in [1.54, 1.807) is 6.07 Å². The topological polar surface area (TPSA) is 120 Å². The van der Waals surface area contributed by atoms with Crippen molar-refractivity contribution in [2.75, 3.05) is 33.2 Å². The second-order valence-electron chi connectivity index (χ2n) is 9.94. The first-order valence-electron chi connectivity index (χ1n) is 12.3. The second kappa shape index (κ2) is 10.2. The van der Waals surface area contributed by atoms with Gasteiger partial charge in [-0.1, -0.05) is 35.5 Å². The van der Waals surface area contributed by atoms with Crippen molar-refractivity contribution in [1.82, 2.24) is 31.1 Å². The van der Waals surface area contributed by atoms with Crippen LogP contribution in [0.25, 0.3) is 11.3 Å². The molecule has 0 bridgehead atoms. The molecule has 3 aliphatic rings. The number of hydrazine groups is 1. The Bertz CT molecular complexity index is 1050. The molecule has 2 aromatic rings. The molecule has 10 heteroatoms. The minimum atomic E-state index is -0.351. The van der Waals surface area contributed by atoms with Gasteiger partial charge in [0.2, 0.25) is 17.6 Å². The fourth-order valence-corrected chi connectivity index (χ4v) is 5.00. The Balaban J connectivity index is 0.986. The summed E-state index contributed by atoms with van der Waals surface area (Å²) in [6, 6.07) is 11.5. The molecule has 1 aliphatic carbocycles. The predicted molar refractivity (Wildman–Crippen MR) is 128 cm³/mol. The molecule has 3 amide bonds. The Morgan fingerprint density at radius 1 is 0.971 bits per heavy atom. The van der Waals surface area contributed by atoms with Gasteiger partial charge in [-0.25, -0.2) is 0 Å². The van der Waals surface area contributed by atoms with Crippen molar-refractivity contribution in [3.63, 3.8) is 0 Å². The molecule has 35 heavy (non-hydrogen) atoms. The highest BCUT2D eigenvalue weighted by molar-refractivity contribution is 5.93. The van der Waals surface area contributed by atoms with Crippen molar-refractivity contribution in [1.29, 1.82) is 0 Å². The average molecular weight is 481 g/mol. The number of piperidine rings is 1. The van der Waals surface area contributed by atoms with Crippen LogP contribution in [0.1, 0.15) is 36.2 Å². The Morgan fingerprint density at radius 2 is 1.63 bits per heavy atom. The predicted octanol–water partition coefficient (Wildman–Crippen LogP) is 1.02. The molecule has 5 rings (SSSR count). The third-order valence-corrected chi connectivity index (χ3v) is 7.44. The molecule has 2 aliphatic heterocycles. The number of hydrogen-bond donors (Lipinski definition) is 3. The zero-order valence-electron chi connectivity index (χ0n) is 19.9. The maximum Gasteiger partial charge on any atom is 0.290 e. The maximum atomic E-state index is 12.4. The fraction of sp³-hybridized carbons (Fsp3) is 0.520. The summed E-state index contributed by atoms with van der Waals surface area (Å²) in [5.74, 6) is -0.888. The van der Waals surface area contributed by atoms with Crippen molar-refractivity contribution >= 4 is 17.7 Å². The van der Waals surface area contributed by atoms with E-state index < -0.39 is 0 Å². The summed E-state index contributed by atoms with van der Waals surface area (Å²) < 4.78 is 5.18. The van der Waals surface area contributed by atoms with Crippen molar-refractivity contribution in [3.8, 4) is 11.3 Å². The summed E-state index contributed by atoms with van der Waals surface area (Å²) in [4.78, 5) is 41.9. The van der Waals surface area contributed by atoms with Crippen molar-refractivity contribution in [2.45, 2.75) is 37.8 Å². The second-order valence-corrected chi connectivity index (χ2v) is 9.94. The molecule has 0 atom stereocenters. The molecule has 3 heterocycles. The summed E-state index contributed by atoms with van der Waals surface area (Å²) in [6.45, 7) is 3.70. The maximum absolute atomic E-state index is 12.4. The van der Waals surface area contributed by atoms with E-state index in [1.165, 1.54) is 0 Å². The van der Waals surface area contributed by atoms with Gasteiger partial charge in [0.15, 0.2) is 0 Å². The number of carbonyl (C=O) groups is 3. The van der Waals surface area contributed by atoms with E-state index in [2.05, 4.69) is 38.2 Å². The molecule has 2 saturated heterocycles. The highest BCUT2D eigenvalue weighted by Crippen LogP contribution is 2.28. The van der Waals surface area contributed by atoms with Crippen LogP contribution in [0, 0.1) is 11.8 Å². The van der Waals surface area contributed by atoms with Gasteiger partial charge in [-0.3, -0.25) is 30.1 Å². The number of benzene rings is 1. The van der Waals surface area contributed by atoms with Crippen LogP contribution in [0.2, 0.25) is 0 Å². The molecule has 3 fully saturated rings. The van der Waals surface area contributed by atoms with Gasteiger partial charge in [-0.05, 0) is 45.8 Å². The molecule has 0 spiro atoms. The number of aromatic nitrogens is 1. The smallest absolute Gasteiger partial charge is 0.290 e. The number of amides is 3.